The van der Waals surface area contributed by atoms with E-state index in [4.69, 9.17) is 9.41 Å². The fourth-order valence-corrected chi connectivity index (χ4v) is 10.3. The third kappa shape index (κ3) is 5.06. The summed E-state index contributed by atoms with van der Waals surface area (Å²) in [5, 5.41) is 5.04. The van der Waals surface area contributed by atoms with Gasteiger partial charge in [0.15, 0.2) is 0 Å². The van der Waals surface area contributed by atoms with Crippen LogP contribution >= 0.6 is 0 Å². The first-order valence-electron chi connectivity index (χ1n) is 19.8. The number of hydrogen-bond donors (Lipinski definition) is 1. The van der Waals surface area contributed by atoms with E-state index in [0.717, 1.165) is 41.3 Å². The number of nitrogens with one attached hydrogen (secondary N) is 1. The molecule has 3 aliphatic carbocycles. The minimum absolute atomic E-state index is 0.0506. The first-order valence-corrected chi connectivity index (χ1v) is 19.8. The molecule has 0 radical (unpaired) electrons. The van der Waals surface area contributed by atoms with E-state index in [0.29, 0.717) is 0 Å². The maximum Gasteiger partial charge on any atom is 0.134 e. The number of para-hydroxylation sites is 1. The molecular weight excluding hydrogens is 669 g/mol. The zero-order valence-electron chi connectivity index (χ0n) is 31.2. The summed E-state index contributed by atoms with van der Waals surface area (Å²) in [4.78, 5) is 5.30. The molecule has 55 heavy (non-hydrogen) atoms. The summed E-state index contributed by atoms with van der Waals surface area (Å²) in [5.74, 6) is 2.76. The molecule has 0 spiro atoms. The lowest BCUT2D eigenvalue weighted by atomic mass is 9.71. The molecule has 1 aromatic heterocycles. The molecule has 0 fully saturated rings. The highest BCUT2D eigenvalue weighted by Crippen LogP contribution is 2.61. The van der Waals surface area contributed by atoms with E-state index in [-0.39, 0.29) is 29.2 Å². The van der Waals surface area contributed by atoms with Crippen LogP contribution in [0.3, 0.4) is 0 Å². The van der Waals surface area contributed by atoms with Crippen molar-refractivity contribution in [2.45, 2.75) is 50.0 Å². The molecule has 1 N–H and O–H groups in total. The van der Waals surface area contributed by atoms with Crippen molar-refractivity contribution in [1.82, 2.24) is 5.32 Å². The minimum Gasteiger partial charge on any atom is -0.460 e. The van der Waals surface area contributed by atoms with E-state index in [2.05, 4.69) is 183 Å². The molecular formula is C52H42N2O. The van der Waals surface area contributed by atoms with Gasteiger partial charge in [0.1, 0.15) is 17.2 Å². The summed E-state index contributed by atoms with van der Waals surface area (Å²) >= 11 is 0. The fraction of sp³-hybridized carbons (Fsp3) is 0.173. The third-order valence-corrected chi connectivity index (χ3v) is 12.9. The zero-order valence-corrected chi connectivity index (χ0v) is 31.2. The van der Waals surface area contributed by atoms with Gasteiger partial charge in [-0.15, -0.1) is 0 Å². The van der Waals surface area contributed by atoms with Crippen LogP contribution in [0.5, 0.6) is 0 Å². The maximum absolute atomic E-state index is 6.88. The number of hydrogen-bond acceptors (Lipinski definition) is 3. The summed E-state index contributed by atoms with van der Waals surface area (Å²) < 4.78 is 6.88. The molecule has 7 aromatic rings. The highest BCUT2D eigenvalue weighted by atomic mass is 16.3. The molecule has 2 heterocycles. The van der Waals surface area contributed by atoms with Crippen LogP contribution in [-0.2, 0) is 5.41 Å². The number of aliphatic imine (C=N–C) groups is 1. The lowest BCUT2D eigenvalue weighted by Gasteiger charge is -2.32. The second kappa shape index (κ2) is 12.4. The predicted octanol–water partition coefficient (Wildman–Crippen LogP) is 12.7. The van der Waals surface area contributed by atoms with Crippen LogP contribution in [0.2, 0.25) is 0 Å². The number of amidine groups is 1. The predicted molar refractivity (Wildman–Crippen MR) is 226 cm³/mol. The standard InChI is InChI=1S/C52H42N2O/c1-52(2)43-23-13-11-20-36(43)37-26-25-34(29-44(37)52)41-30-42-38-21-12-14-24-47(38)55-51(42)50-39-22-10-9-19-35(39)40(49(41)50)27-28-48-53-45(32-15-5-3-6-16-32)31-46(54-48)33-17-7-4-8-18-33/h3-26,29-31,40,45,49-50H,27-28H2,1-2H3,(H,53,54)/t40-,45?,49?,50?/m0/s1. The van der Waals surface area contributed by atoms with Crippen molar-refractivity contribution in [3.8, 4) is 11.1 Å². The summed E-state index contributed by atoms with van der Waals surface area (Å²) in [5.41, 5.74) is 16.6. The van der Waals surface area contributed by atoms with Gasteiger partial charge in [-0.3, -0.25) is 0 Å². The van der Waals surface area contributed by atoms with Crippen LogP contribution in [-0.4, -0.2) is 5.84 Å². The lowest BCUT2D eigenvalue weighted by Crippen LogP contribution is -2.31. The Kier molecular flexibility index (Phi) is 7.29. The summed E-state index contributed by atoms with van der Waals surface area (Å²) in [6.45, 7) is 4.77. The van der Waals surface area contributed by atoms with E-state index in [1.165, 1.54) is 61.0 Å². The van der Waals surface area contributed by atoms with Crippen molar-refractivity contribution in [3.63, 3.8) is 0 Å². The topological polar surface area (TPSA) is 37.5 Å². The highest BCUT2D eigenvalue weighted by molar-refractivity contribution is 5.99. The number of benzene rings is 6. The van der Waals surface area contributed by atoms with Gasteiger partial charge in [-0.1, -0.05) is 153 Å². The summed E-state index contributed by atoms with van der Waals surface area (Å²) in [6, 6.07) is 55.4. The van der Waals surface area contributed by atoms with Gasteiger partial charge >= 0.3 is 0 Å². The van der Waals surface area contributed by atoms with Gasteiger partial charge in [0.05, 0.1) is 17.7 Å². The number of rotatable bonds is 6. The van der Waals surface area contributed by atoms with Crippen molar-refractivity contribution in [2.75, 3.05) is 0 Å². The van der Waals surface area contributed by atoms with Crippen LogP contribution in [0.1, 0.15) is 94.8 Å². The van der Waals surface area contributed by atoms with E-state index >= 15 is 0 Å². The Balaban J connectivity index is 1.03. The summed E-state index contributed by atoms with van der Waals surface area (Å²) in [7, 11) is 0. The van der Waals surface area contributed by atoms with Gasteiger partial charge in [0.2, 0.25) is 0 Å². The van der Waals surface area contributed by atoms with Crippen LogP contribution in [0.15, 0.2) is 167 Å². The third-order valence-electron chi connectivity index (χ3n) is 12.9. The van der Waals surface area contributed by atoms with E-state index < -0.39 is 0 Å². The molecule has 3 nitrogen and oxygen atoms in total. The molecule has 266 valence electrons. The molecule has 6 aromatic carbocycles. The molecule has 0 amide bonds. The van der Waals surface area contributed by atoms with Crippen LogP contribution in [0.4, 0.5) is 0 Å². The highest BCUT2D eigenvalue weighted by Gasteiger charge is 2.48. The van der Waals surface area contributed by atoms with Gasteiger partial charge in [-0.25, -0.2) is 4.99 Å². The molecule has 3 unspecified atom stereocenters. The molecule has 0 bridgehead atoms. The van der Waals surface area contributed by atoms with Gasteiger partial charge in [0.25, 0.3) is 0 Å². The monoisotopic (exact) mass is 710 g/mol. The molecule has 4 atom stereocenters. The average molecular weight is 711 g/mol. The van der Waals surface area contributed by atoms with E-state index in [1.54, 1.807) is 0 Å². The Morgan fingerprint density at radius 1 is 0.673 bits per heavy atom. The van der Waals surface area contributed by atoms with Crippen LogP contribution < -0.4 is 5.32 Å². The molecule has 0 saturated carbocycles. The molecule has 3 heteroatoms. The fourth-order valence-electron chi connectivity index (χ4n) is 10.3. The van der Waals surface area contributed by atoms with Gasteiger partial charge in [-0.05, 0) is 92.3 Å². The second-order valence-corrected chi connectivity index (χ2v) is 16.2. The van der Waals surface area contributed by atoms with E-state index in [9.17, 15) is 0 Å². The van der Waals surface area contributed by atoms with Crippen molar-refractivity contribution >= 4 is 34.2 Å². The van der Waals surface area contributed by atoms with Gasteiger partial charge in [0, 0.05) is 28.7 Å². The largest absolute Gasteiger partial charge is 0.460 e. The molecule has 4 aliphatic rings. The number of allylic oxidation sites excluding steroid dienone is 1. The van der Waals surface area contributed by atoms with Gasteiger partial charge < -0.3 is 9.73 Å². The molecule has 11 rings (SSSR count). The average Bonchev–Trinajstić information content (AvgIpc) is 3.85. The number of fused-ring (bicyclic) bond motifs is 10. The number of furan rings is 1. The van der Waals surface area contributed by atoms with E-state index in [1.807, 2.05) is 0 Å². The minimum atomic E-state index is -0.0772. The van der Waals surface area contributed by atoms with Crippen molar-refractivity contribution in [1.29, 1.82) is 0 Å². The smallest absolute Gasteiger partial charge is 0.134 e. The zero-order chi connectivity index (χ0) is 36.7. The molecule has 1 aliphatic heterocycles. The Morgan fingerprint density at radius 2 is 1.38 bits per heavy atom. The Bertz CT molecular complexity index is 2730. The Hall–Kier alpha value is -6.19. The van der Waals surface area contributed by atoms with Crippen LogP contribution in [0, 0.1) is 5.92 Å². The Labute approximate surface area is 322 Å². The maximum atomic E-state index is 6.88. The number of nitrogens with zero attached hydrogens (tertiary/aromatic N) is 1. The first-order chi connectivity index (χ1) is 27.0. The van der Waals surface area contributed by atoms with Crippen molar-refractivity contribution in [2.24, 2.45) is 10.9 Å². The summed E-state index contributed by atoms with van der Waals surface area (Å²) in [6.07, 6.45) is 6.55. The lowest BCUT2D eigenvalue weighted by molar-refractivity contribution is 0.433. The van der Waals surface area contributed by atoms with Crippen molar-refractivity contribution in [3.05, 3.63) is 208 Å². The quantitative estimate of drug-likeness (QED) is 0.187. The SMILES string of the molecule is CC1(C)c2ccccc2-c2ccc(C3=Cc4c(oc5ccccc45)C4c5ccccc5[C@H](CCC5=NC(c6ccccc6)=CC(c6ccccc6)N5)C34)cc21. The van der Waals surface area contributed by atoms with Crippen LogP contribution in [0.25, 0.3) is 39.4 Å². The Morgan fingerprint density at radius 3 is 2.24 bits per heavy atom. The van der Waals surface area contributed by atoms with Crippen molar-refractivity contribution < 1.29 is 4.42 Å². The van der Waals surface area contributed by atoms with Gasteiger partial charge in [-0.2, -0.15) is 0 Å². The normalized spacial score (nSPS) is 21.3. The molecule has 0 saturated heterocycles. The second-order valence-electron chi connectivity index (χ2n) is 16.2. The first kappa shape index (κ1) is 32.3.